The van der Waals surface area contributed by atoms with E-state index in [0.717, 1.165) is 35.3 Å². The summed E-state index contributed by atoms with van der Waals surface area (Å²) in [6.45, 7) is 4.04. The zero-order valence-corrected chi connectivity index (χ0v) is 16.3. The lowest BCUT2D eigenvalue weighted by Gasteiger charge is -2.32. The molecule has 4 rings (SSSR count). The third-order valence-corrected chi connectivity index (χ3v) is 5.55. The maximum Gasteiger partial charge on any atom is 0.330 e. The third-order valence-electron chi connectivity index (χ3n) is 5.55. The summed E-state index contributed by atoms with van der Waals surface area (Å²) < 4.78 is 3.41. The largest absolute Gasteiger partial charge is 0.330 e. The normalized spacial score (nSPS) is 15.1. The van der Waals surface area contributed by atoms with Gasteiger partial charge in [0.2, 0.25) is 0 Å². The number of carbonyl (C=O) groups excluding carboxylic acids is 1. The summed E-state index contributed by atoms with van der Waals surface area (Å²) in [5.74, 6) is 0.355. The number of piperidine rings is 1. The number of nitrogens with zero attached hydrogens (tertiary/aromatic N) is 4. The maximum absolute atomic E-state index is 12.6. The molecule has 3 aromatic rings. The van der Waals surface area contributed by atoms with Gasteiger partial charge in [0.15, 0.2) is 5.65 Å². The molecule has 0 spiro atoms. The zero-order valence-electron chi connectivity index (χ0n) is 16.3. The second-order valence-corrected chi connectivity index (χ2v) is 7.52. The van der Waals surface area contributed by atoms with Gasteiger partial charge in [0.1, 0.15) is 0 Å². The van der Waals surface area contributed by atoms with E-state index in [9.17, 15) is 9.59 Å². The smallest absolute Gasteiger partial charge is 0.325 e. The van der Waals surface area contributed by atoms with Crippen LogP contribution in [0.2, 0.25) is 0 Å². The number of carbonyl (C=O) groups is 1. The molecule has 1 aromatic carbocycles. The van der Waals surface area contributed by atoms with Crippen LogP contribution in [0, 0.1) is 12.8 Å². The molecule has 146 valence electrons. The second-order valence-electron chi connectivity index (χ2n) is 7.52. The maximum atomic E-state index is 12.6. The minimum Gasteiger partial charge on any atom is -0.325 e. The van der Waals surface area contributed by atoms with Crippen LogP contribution in [0.4, 0.5) is 10.5 Å². The highest BCUT2D eigenvalue weighted by Crippen LogP contribution is 2.21. The van der Waals surface area contributed by atoms with Gasteiger partial charge in [-0.1, -0.05) is 17.7 Å². The van der Waals surface area contributed by atoms with Crippen molar-refractivity contribution in [2.24, 2.45) is 13.0 Å². The van der Waals surface area contributed by atoms with E-state index in [1.807, 2.05) is 48.2 Å². The number of aryl methyl sites for hydroxylation is 2. The fourth-order valence-electron chi connectivity index (χ4n) is 3.81. The average Bonchev–Trinajstić information content (AvgIpc) is 2.95. The topological polar surface area (TPSA) is 72.2 Å². The van der Waals surface area contributed by atoms with Gasteiger partial charge in [0.25, 0.3) is 0 Å². The molecule has 1 aliphatic rings. The minimum atomic E-state index is -0.0636. The fourth-order valence-corrected chi connectivity index (χ4v) is 3.81. The molecule has 0 radical (unpaired) electrons. The van der Waals surface area contributed by atoms with Crippen molar-refractivity contribution in [3.8, 4) is 0 Å². The molecule has 0 atom stereocenters. The van der Waals surface area contributed by atoms with Crippen LogP contribution in [-0.2, 0) is 13.6 Å². The Bertz CT molecular complexity index is 1040. The minimum absolute atomic E-state index is 0.0340. The summed E-state index contributed by atoms with van der Waals surface area (Å²) in [6.07, 6.45) is 3.46. The van der Waals surface area contributed by atoms with Crippen molar-refractivity contribution in [3.63, 3.8) is 0 Å². The molecule has 0 unspecified atom stereocenters. The number of nitrogens with one attached hydrogen (secondary N) is 1. The van der Waals surface area contributed by atoms with Gasteiger partial charge in [-0.15, -0.1) is 0 Å². The van der Waals surface area contributed by atoms with Crippen molar-refractivity contribution >= 4 is 22.9 Å². The lowest BCUT2D eigenvalue weighted by atomic mass is 9.97. The summed E-state index contributed by atoms with van der Waals surface area (Å²) in [7, 11) is 1.78. The lowest BCUT2D eigenvalue weighted by Crippen LogP contribution is -2.42. The average molecular weight is 379 g/mol. The Morgan fingerprint density at radius 3 is 2.61 bits per heavy atom. The monoisotopic (exact) mass is 379 g/mol. The van der Waals surface area contributed by atoms with Crippen LogP contribution in [0.5, 0.6) is 0 Å². The predicted molar refractivity (Wildman–Crippen MR) is 109 cm³/mol. The van der Waals surface area contributed by atoms with E-state index in [-0.39, 0.29) is 11.7 Å². The van der Waals surface area contributed by atoms with Crippen molar-refractivity contribution in [2.45, 2.75) is 26.3 Å². The molecule has 0 bridgehead atoms. The Hall–Kier alpha value is -3.09. The van der Waals surface area contributed by atoms with Crippen LogP contribution < -0.4 is 11.0 Å². The summed E-state index contributed by atoms with van der Waals surface area (Å²) >= 11 is 0. The molecule has 2 aromatic heterocycles. The van der Waals surface area contributed by atoms with Crippen molar-refractivity contribution < 1.29 is 4.79 Å². The number of amides is 2. The first-order valence-corrected chi connectivity index (χ1v) is 9.66. The predicted octanol–water partition coefficient (Wildman–Crippen LogP) is 2.99. The highest BCUT2D eigenvalue weighted by molar-refractivity contribution is 5.89. The summed E-state index contributed by atoms with van der Waals surface area (Å²) in [5, 5.41) is 2.96. The van der Waals surface area contributed by atoms with Crippen LogP contribution in [-0.4, -0.2) is 38.1 Å². The first-order valence-electron chi connectivity index (χ1n) is 9.66. The number of hydrogen-bond donors (Lipinski definition) is 1. The molecule has 7 heteroatoms. The summed E-state index contributed by atoms with van der Waals surface area (Å²) in [4.78, 5) is 31.3. The summed E-state index contributed by atoms with van der Waals surface area (Å²) in [5.41, 5.74) is 3.52. The molecule has 7 nitrogen and oxygen atoms in total. The molecule has 1 fully saturated rings. The van der Waals surface area contributed by atoms with Gasteiger partial charge in [-0.25, -0.2) is 14.6 Å². The van der Waals surface area contributed by atoms with Gasteiger partial charge in [-0.3, -0.25) is 9.13 Å². The molecule has 2 amide bonds. The Balaban J connectivity index is 1.38. The van der Waals surface area contributed by atoms with Gasteiger partial charge in [0, 0.05) is 38.6 Å². The van der Waals surface area contributed by atoms with Crippen LogP contribution in [0.15, 0.2) is 47.4 Å². The third kappa shape index (κ3) is 3.52. The molecule has 0 saturated carbocycles. The van der Waals surface area contributed by atoms with Crippen molar-refractivity contribution in [1.82, 2.24) is 19.0 Å². The standard InChI is InChI=1S/C21H25N5O2/c1-15-5-7-17(8-6-15)23-20(27)25-12-9-16(10-13-25)14-26-19-18(4-3-11-22-19)24(2)21(26)28/h3-8,11,16H,9-10,12-14H2,1-2H3,(H,23,27). The molecule has 1 aliphatic heterocycles. The van der Waals surface area contributed by atoms with Crippen LogP contribution in [0.3, 0.4) is 0 Å². The molecule has 0 aliphatic carbocycles. The number of imidazole rings is 1. The lowest BCUT2D eigenvalue weighted by molar-refractivity contribution is 0.177. The number of urea groups is 1. The first-order chi connectivity index (χ1) is 13.5. The molecular formula is C21H25N5O2. The van der Waals surface area contributed by atoms with E-state index in [2.05, 4.69) is 10.3 Å². The SMILES string of the molecule is Cc1ccc(NC(=O)N2CCC(Cn3c(=O)n(C)c4cccnc43)CC2)cc1. The number of aromatic nitrogens is 3. The number of benzene rings is 1. The van der Waals surface area contributed by atoms with Crippen molar-refractivity contribution in [2.75, 3.05) is 18.4 Å². The van der Waals surface area contributed by atoms with Gasteiger partial charge in [-0.2, -0.15) is 0 Å². The Morgan fingerprint density at radius 2 is 1.89 bits per heavy atom. The number of anilines is 1. The van der Waals surface area contributed by atoms with Crippen LogP contribution in [0.25, 0.3) is 11.2 Å². The van der Waals surface area contributed by atoms with Gasteiger partial charge < -0.3 is 10.2 Å². The Kier molecular flexibility index (Phi) is 4.90. The highest BCUT2D eigenvalue weighted by atomic mass is 16.2. The molecule has 1 saturated heterocycles. The van der Waals surface area contributed by atoms with Crippen molar-refractivity contribution in [3.05, 3.63) is 58.6 Å². The Morgan fingerprint density at radius 1 is 1.18 bits per heavy atom. The second kappa shape index (κ2) is 7.50. The van der Waals surface area contributed by atoms with Gasteiger partial charge in [0.05, 0.1) is 5.52 Å². The first kappa shape index (κ1) is 18.3. The summed E-state index contributed by atoms with van der Waals surface area (Å²) in [6, 6.07) is 11.5. The molecular weight excluding hydrogens is 354 g/mol. The number of pyridine rings is 1. The Labute approximate surface area is 163 Å². The van der Waals surface area contributed by atoms with E-state index in [0.29, 0.717) is 25.6 Å². The van der Waals surface area contributed by atoms with Gasteiger partial charge >= 0.3 is 11.7 Å². The molecule has 1 N–H and O–H groups in total. The number of fused-ring (bicyclic) bond motifs is 1. The zero-order chi connectivity index (χ0) is 19.7. The quantitative estimate of drug-likeness (QED) is 0.760. The molecule has 3 heterocycles. The van der Waals surface area contributed by atoms with E-state index in [1.54, 1.807) is 22.4 Å². The van der Waals surface area contributed by atoms with E-state index in [4.69, 9.17) is 0 Å². The van der Waals surface area contributed by atoms with E-state index in [1.165, 1.54) is 0 Å². The number of likely N-dealkylation sites (tertiary alicyclic amines) is 1. The van der Waals surface area contributed by atoms with Crippen LogP contribution >= 0.6 is 0 Å². The number of rotatable bonds is 3. The highest BCUT2D eigenvalue weighted by Gasteiger charge is 2.24. The van der Waals surface area contributed by atoms with Gasteiger partial charge in [-0.05, 0) is 49.9 Å². The van der Waals surface area contributed by atoms with Crippen LogP contribution in [0.1, 0.15) is 18.4 Å². The van der Waals surface area contributed by atoms with E-state index < -0.39 is 0 Å². The van der Waals surface area contributed by atoms with Crippen molar-refractivity contribution in [1.29, 1.82) is 0 Å². The fraction of sp³-hybridized carbons (Fsp3) is 0.381. The number of hydrogen-bond acceptors (Lipinski definition) is 3. The molecule has 28 heavy (non-hydrogen) atoms. The van der Waals surface area contributed by atoms with E-state index >= 15 is 0 Å².